The van der Waals surface area contributed by atoms with Gasteiger partial charge in [0.25, 0.3) is 0 Å². The molecule has 0 spiro atoms. The van der Waals surface area contributed by atoms with E-state index in [0.717, 1.165) is 32.7 Å². The van der Waals surface area contributed by atoms with E-state index in [1.165, 1.54) is 0 Å². The molecule has 0 saturated heterocycles. The van der Waals surface area contributed by atoms with Crippen molar-refractivity contribution in [2.24, 2.45) is 0 Å². The summed E-state index contributed by atoms with van der Waals surface area (Å²) >= 11 is 1.65. The van der Waals surface area contributed by atoms with Crippen LogP contribution in [0.4, 0.5) is 0 Å². The lowest BCUT2D eigenvalue weighted by Gasteiger charge is -2.28. The fraction of sp³-hybridized carbons (Fsp3) is 0.269. The molecule has 0 unspecified atom stereocenters. The van der Waals surface area contributed by atoms with Crippen molar-refractivity contribution in [3.8, 4) is 16.2 Å². The molecule has 2 aromatic heterocycles. The van der Waals surface area contributed by atoms with Crippen LogP contribution in [0.1, 0.15) is 29.8 Å². The number of fused-ring (bicyclic) bond motifs is 1. The van der Waals surface area contributed by atoms with E-state index in [9.17, 15) is 15.0 Å². The number of aromatic carboxylic acids is 1. The number of aliphatic hydroxyl groups excluding tert-OH is 1. The maximum Gasteiger partial charge on any atom is 0.335 e. The van der Waals surface area contributed by atoms with Crippen LogP contribution in [0, 0.1) is 0 Å². The smallest absolute Gasteiger partial charge is 0.335 e. The van der Waals surface area contributed by atoms with E-state index in [2.05, 4.69) is 30.2 Å². The van der Waals surface area contributed by atoms with Gasteiger partial charge in [0.1, 0.15) is 18.5 Å². The highest BCUT2D eigenvalue weighted by molar-refractivity contribution is 7.13. The topological polar surface area (TPSA) is 94.6 Å². The number of rotatable bonds is 10. The Morgan fingerprint density at radius 2 is 2.00 bits per heavy atom. The van der Waals surface area contributed by atoms with Gasteiger partial charge in [-0.25, -0.2) is 4.79 Å². The molecule has 0 aliphatic rings. The Balaban J connectivity index is 1.35. The van der Waals surface area contributed by atoms with Crippen molar-refractivity contribution < 1.29 is 19.7 Å². The predicted octanol–water partition coefficient (Wildman–Crippen LogP) is 4.95. The molecular weight excluding hydrogens is 436 g/mol. The number of aromatic amines is 1. The highest BCUT2D eigenvalue weighted by Crippen LogP contribution is 2.33. The average molecular weight is 465 g/mol. The molecule has 4 N–H and O–H groups in total. The Labute approximate surface area is 196 Å². The molecular formula is C26H28N2O4S. The van der Waals surface area contributed by atoms with E-state index in [1.807, 2.05) is 41.9 Å². The number of ether oxygens (including phenoxy) is 1. The molecule has 4 rings (SSSR count). The van der Waals surface area contributed by atoms with Crippen molar-refractivity contribution in [2.45, 2.75) is 31.9 Å². The summed E-state index contributed by atoms with van der Waals surface area (Å²) in [5, 5.41) is 26.2. The lowest BCUT2D eigenvalue weighted by atomic mass is 9.94. The highest BCUT2D eigenvalue weighted by atomic mass is 32.1. The number of β-amino-alcohol motifs (C(OH)–C–C–N with tert-alkyl or cyclic N) is 1. The average Bonchev–Trinajstić information content (AvgIpc) is 3.46. The number of carboxylic acids is 1. The fourth-order valence-electron chi connectivity index (χ4n) is 3.86. The minimum absolute atomic E-state index is 0.181. The van der Waals surface area contributed by atoms with Crippen LogP contribution in [0.5, 0.6) is 5.75 Å². The Kier molecular flexibility index (Phi) is 6.83. The summed E-state index contributed by atoms with van der Waals surface area (Å²) in [6.07, 6.45) is 1.91. The van der Waals surface area contributed by atoms with Crippen molar-refractivity contribution in [3.05, 3.63) is 77.3 Å². The van der Waals surface area contributed by atoms with Gasteiger partial charge in [0.15, 0.2) is 0 Å². The van der Waals surface area contributed by atoms with Crippen LogP contribution in [0.15, 0.2) is 66.2 Å². The molecule has 7 heteroatoms. The number of thiophene rings is 1. The van der Waals surface area contributed by atoms with Gasteiger partial charge in [0.05, 0.1) is 5.56 Å². The Morgan fingerprint density at radius 1 is 1.18 bits per heavy atom. The van der Waals surface area contributed by atoms with E-state index in [1.54, 1.807) is 29.5 Å². The first kappa shape index (κ1) is 23.0. The van der Waals surface area contributed by atoms with Crippen molar-refractivity contribution >= 4 is 28.2 Å². The zero-order valence-corrected chi connectivity index (χ0v) is 19.5. The minimum Gasteiger partial charge on any atom is -0.490 e. The zero-order chi connectivity index (χ0) is 23.4. The Hall–Kier alpha value is -3.13. The van der Waals surface area contributed by atoms with Gasteiger partial charge in [-0.05, 0) is 67.6 Å². The summed E-state index contributed by atoms with van der Waals surface area (Å²) in [6, 6.07) is 17.0. The number of nitrogens with one attached hydrogen (secondary N) is 2. The largest absolute Gasteiger partial charge is 0.490 e. The van der Waals surface area contributed by atoms with Gasteiger partial charge in [-0.1, -0.05) is 18.2 Å². The zero-order valence-electron chi connectivity index (χ0n) is 18.7. The number of hydrogen-bond donors (Lipinski definition) is 4. The summed E-state index contributed by atoms with van der Waals surface area (Å²) in [5.41, 5.74) is 2.91. The first-order valence-corrected chi connectivity index (χ1v) is 11.7. The first-order chi connectivity index (χ1) is 15.8. The number of aliphatic hydroxyl groups is 1. The van der Waals surface area contributed by atoms with Gasteiger partial charge >= 0.3 is 5.97 Å². The van der Waals surface area contributed by atoms with E-state index >= 15 is 0 Å². The molecule has 2 heterocycles. The second-order valence-electron chi connectivity index (χ2n) is 8.76. The van der Waals surface area contributed by atoms with Gasteiger partial charge in [0.2, 0.25) is 0 Å². The van der Waals surface area contributed by atoms with Crippen molar-refractivity contribution in [2.75, 3.05) is 13.2 Å². The van der Waals surface area contributed by atoms with Crippen LogP contribution in [0.25, 0.3) is 21.3 Å². The molecule has 0 fully saturated rings. The molecule has 2 aromatic carbocycles. The highest BCUT2D eigenvalue weighted by Gasteiger charge is 2.22. The van der Waals surface area contributed by atoms with Crippen LogP contribution >= 0.6 is 11.3 Å². The number of aromatic nitrogens is 1. The number of H-pyrrole nitrogens is 1. The monoisotopic (exact) mass is 464 g/mol. The van der Waals surface area contributed by atoms with Crippen molar-refractivity contribution in [1.29, 1.82) is 0 Å². The van der Waals surface area contributed by atoms with Gasteiger partial charge in [-0.2, -0.15) is 0 Å². The standard InChI is InChI=1S/C26H28N2O4S/c1-26(2,13-18-14-27-22-10-9-17(25(30)31)12-21(18)22)28-15-19(29)16-32-23-7-4-3-6-20(23)24-8-5-11-33-24/h3-12,14,19,27-29H,13,15-16H2,1-2H3,(H,30,31)/t19-/m0/s1. The third kappa shape index (κ3) is 5.63. The summed E-state index contributed by atoms with van der Waals surface area (Å²) in [7, 11) is 0. The van der Waals surface area contributed by atoms with Gasteiger partial charge in [-0.15, -0.1) is 11.3 Å². The van der Waals surface area contributed by atoms with Crippen LogP contribution in [0.2, 0.25) is 0 Å². The minimum atomic E-state index is -0.940. The maximum absolute atomic E-state index is 11.3. The third-order valence-electron chi connectivity index (χ3n) is 5.57. The van der Waals surface area contributed by atoms with E-state index in [4.69, 9.17) is 4.74 Å². The van der Waals surface area contributed by atoms with E-state index < -0.39 is 12.1 Å². The molecule has 6 nitrogen and oxygen atoms in total. The number of carbonyl (C=O) groups is 1. The second kappa shape index (κ2) is 9.79. The summed E-state index contributed by atoms with van der Waals surface area (Å²) in [5.74, 6) is -0.184. The van der Waals surface area contributed by atoms with Gasteiger partial charge in [0, 0.05) is 39.6 Å². The van der Waals surface area contributed by atoms with Crippen molar-refractivity contribution in [1.82, 2.24) is 10.3 Å². The number of carboxylic acid groups (broad SMARTS) is 1. The molecule has 0 bridgehead atoms. The summed E-state index contributed by atoms with van der Waals surface area (Å²) < 4.78 is 5.94. The normalized spacial score (nSPS) is 12.7. The van der Waals surface area contributed by atoms with Gasteiger partial charge in [-0.3, -0.25) is 0 Å². The van der Waals surface area contributed by atoms with E-state index in [0.29, 0.717) is 13.0 Å². The van der Waals surface area contributed by atoms with Crippen molar-refractivity contribution in [3.63, 3.8) is 0 Å². The number of hydrogen-bond acceptors (Lipinski definition) is 5. The Bertz CT molecular complexity index is 1230. The predicted molar refractivity (Wildman–Crippen MR) is 132 cm³/mol. The summed E-state index contributed by atoms with van der Waals surface area (Å²) in [4.78, 5) is 15.7. The quantitative estimate of drug-likeness (QED) is 0.267. The molecule has 172 valence electrons. The maximum atomic E-state index is 11.3. The fourth-order valence-corrected chi connectivity index (χ4v) is 4.62. The molecule has 0 radical (unpaired) electrons. The molecule has 0 amide bonds. The first-order valence-electron chi connectivity index (χ1n) is 10.8. The van der Waals surface area contributed by atoms with Crippen LogP contribution in [0.3, 0.4) is 0 Å². The molecule has 0 saturated carbocycles. The lowest BCUT2D eigenvalue weighted by molar-refractivity contribution is 0.0697. The SMILES string of the molecule is CC(C)(Cc1c[nH]c2ccc(C(=O)O)cc12)NC[C@H](O)COc1ccccc1-c1cccs1. The third-order valence-corrected chi connectivity index (χ3v) is 6.47. The molecule has 33 heavy (non-hydrogen) atoms. The van der Waals surface area contributed by atoms with Gasteiger partial charge < -0.3 is 25.3 Å². The summed E-state index contributed by atoms with van der Waals surface area (Å²) in [6.45, 7) is 4.68. The van der Waals surface area contributed by atoms with Crippen LogP contribution in [-0.2, 0) is 6.42 Å². The number of para-hydroxylation sites is 1. The lowest BCUT2D eigenvalue weighted by Crippen LogP contribution is -2.46. The number of benzene rings is 2. The molecule has 1 atom stereocenters. The van der Waals surface area contributed by atoms with E-state index in [-0.39, 0.29) is 17.7 Å². The molecule has 0 aliphatic heterocycles. The Morgan fingerprint density at radius 3 is 2.76 bits per heavy atom. The second-order valence-corrected chi connectivity index (χ2v) is 9.71. The van der Waals surface area contributed by atoms with Crippen LogP contribution < -0.4 is 10.1 Å². The van der Waals surface area contributed by atoms with Crippen LogP contribution in [-0.4, -0.2) is 46.0 Å². The molecule has 4 aromatic rings. The molecule has 0 aliphatic carbocycles.